The number of aliphatic hydroxyl groups is 1. The number of amides is 2. The normalized spacial score (nSPS) is 16.5. The third-order valence-corrected chi connectivity index (χ3v) is 7.26. The molecule has 2 amide bonds. The molecule has 3 aromatic rings. The molecule has 0 aromatic heterocycles. The number of halogens is 1. The Bertz CT molecular complexity index is 1340. The van der Waals surface area contributed by atoms with Crippen molar-refractivity contribution in [2.45, 2.75) is 10.9 Å². The summed E-state index contributed by atoms with van der Waals surface area (Å²) in [4.78, 5) is 25.2. The zero-order chi connectivity index (χ0) is 23.0. The molecule has 32 heavy (non-hydrogen) atoms. The summed E-state index contributed by atoms with van der Waals surface area (Å²) < 4.78 is 27.0. The van der Waals surface area contributed by atoms with Gasteiger partial charge in [-0.1, -0.05) is 41.9 Å². The lowest BCUT2D eigenvalue weighted by molar-refractivity contribution is -0.117. The van der Waals surface area contributed by atoms with Gasteiger partial charge in [-0.25, -0.2) is 8.42 Å². The van der Waals surface area contributed by atoms with Gasteiger partial charge < -0.3 is 10.8 Å². The van der Waals surface area contributed by atoms with Gasteiger partial charge in [0.25, 0.3) is 5.91 Å². The lowest BCUT2D eigenvalue weighted by Crippen LogP contribution is -2.31. The molecule has 0 saturated carbocycles. The highest BCUT2D eigenvalue weighted by atomic mass is 35.5. The molecular formula is C23H17ClN2O5S. The highest BCUT2D eigenvalue weighted by Gasteiger charge is 2.47. The van der Waals surface area contributed by atoms with Crippen LogP contribution in [0.25, 0.3) is 0 Å². The van der Waals surface area contributed by atoms with Crippen LogP contribution < -0.4 is 10.6 Å². The molecule has 0 aliphatic carbocycles. The van der Waals surface area contributed by atoms with Gasteiger partial charge in [-0.15, -0.1) is 0 Å². The first kappa shape index (κ1) is 21.6. The van der Waals surface area contributed by atoms with Gasteiger partial charge in [0.2, 0.25) is 15.7 Å². The van der Waals surface area contributed by atoms with Crippen LogP contribution in [0.15, 0.2) is 94.4 Å². The lowest BCUT2D eigenvalue weighted by atomic mass is 10.1. The number of benzene rings is 3. The molecule has 3 N–H and O–H groups in total. The van der Waals surface area contributed by atoms with Crippen LogP contribution in [0.1, 0.15) is 22.0 Å². The Balaban J connectivity index is 1.91. The summed E-state index contributed by atoms with van der Waals surface area (Å²) in [6, 6.07) is 18.5. The molecule has 3 aromatic carbocycles. The Morgan fingerprint density at radius 2 is 1.53 bits per heavy atom. The SMILES string of the molecule is NC(=O)c1ccc(N2C(=O)C(O)=C(S(=O)(=O)c3ccccc3)[C@@H]2c2ccc(Cl)cc2)cc1. The van der Waals surface area contributed by atoms with Crippen molar-refractivity contribution in [3.05, 3.63) is 106 Å². The molecule has 0 saturated heterocycles. The molecule has 0 fully saturated rings. The van der Waals surface area contributed by atoms with Crippen LogP contribution in [-0.4, -0.2) is 25.3 Å². The molecule has 0 bridgehead atoms. The van der Waals surface area contributed by atoms with E-state index < -0.39 is 38.4 Å². The van der Waals surface area contributed by atoms with Gasteiger partial charge >= 0.3 is 0 Å². The van der Waals surface area contributed by atoms with Crippen molar-refractivity contribution in [3.63, 3.8) is 0 Å². The van der Waals surface area contributed by atoms with E-state index in [1.807, 2.05) is 0 Å². The van der Waals surface area contributed by atoms with Gasteiger partial charge in [0, 0.05) is 16.3 Å². The molecule has 7 nitrogen and oxygen atoms in total. The number of nitrogens with zero attached hydrogens (tertiary/aromatic N) is 1. The summed E-state index contributed by atoms with van der Waals surface area (Å²) in [6.07, 6.45) is 0. The predicted octanol–water partition coefficient (Wildman–Crippen LogP) is 3.77. The van der Waals surface area contributed by atoms with Crippen LogP contribution in [0.2, 0.25) is 5.02 Å². The Morgan fingerprint density at radius 1 is 0.938 bits per heavy atom. The summed E-state index contributed by atoms with van der Waals surface area (Å²) in [5.41, 5.74) is 6.22. The molecule has 1 aliphatic rings. The molecular weight excluding hydrogens is 452 g/mol. The molecule has 162 valence electrons. The summed E-state index contributed by atoms with van der Waals surface area (Å²) in [6.45, 7) is 0. The standard InChI is InChI=1S/C23H17ClN2O5S/c24-16-10-6-14(7-11-16)19-21(32(30,31)18-4-2-1-3-5-18)20(27)23(29)26(19)17-12-8-15(9-13-17)22(25)28/h1-13,19,27H,(H2,25,28)/t19-/m0/s1. The maximum Gasteiger partial charge on any atom is 0.295 e. The molecule has 0 radical (unpaired) electrons. The third-order valence-electron chi connectivity index (χ3n) is 5.12. The topological polar surface area (TPSA) is 118 Å². The number of carbonyl (C=O) groups is 2. The van der Waals surface area contributed by atoms with Crippen LogP contribution >= 0.6 is 11.6 Å². The first-order chi connectivity index (χ1) is 15.2. The maximum atomic E-state index is 13.5. The second-order valence-electron chi connectivity index (χ2n) is 7.07. The number of sulfone groups is 1. The summed E-state index contributed by atoms with van der Waals surface area (Å²) in [5, 5.41) is 11.2. The average Bonchev–Trinajstić information content (AvgIpc) is 3.06. The maximum absolute atomic E-state index is 13.5. The number of primary amides is 1. The zero-order valence-electron chi connectivity index (χ0n) is 16.5. The fraction of sp³-hybridized carbons (Fsp3) is 0.0435. The minimum absolute atomic E-state index is 0.0563. The smallest absolute Gasteiger partial charge is 0.295 e. The second-order valence-corrected chi connectivity index (χ2v) is 9.42. The van der Waals surface area contributed by atoms with Gasteiger partial charge in [-0.05, 0) is 54.1 Å². The van der Waals surface area contributed by atoms with Crippen molar-refractivity contribution >= 4 is 38.9 Å². The van der Waals surface area contributed by atoms with Gasteiger partial charge in [0.1, 0.15) is 10.9 Å². The first-order valence-electron chi connectivity index (χ1n) is 9.44. The third kappa shape index (κ3) is 3.63. The van der Waals surface area contributed by atoms with Gasteiger partial charge in [0.05, 0.1) is 4.90 Å². The van der Waals surface area contributed by atoms with E-state index in [0.29, 0.717) is 10.6 Å². The first-order valence-corrected chi connectivity index (χ1v) is 11.3. The Kier molecular flexibility index (Phi) is 5.50. The highest BCUT2D eigenvalue weighted by Crippen LogP contribution is 2.44. The van der Waals surface area contributed by atoms with E-state index >= 15 is 0 Å². The lowest BCUT2D eigenvalue weighted by Gasteiger charge is -2.27. The summed E-state index contributed by atoms with van der Waals surface area (Å²) >= 11 is 5.99. The average molecular weight is 469 g/mol. The van der Waals surface area contributed by atoms with E-state index in [-0.39, 0.29) is 16.1 Å². The van der Waals surface area contributed by atoms with Gasteiger partial charge in [-0.3, -0.25) is 14.5 Å². The van der Waals surface area contributed by atoms with Crippen LogP contribution in [0.3, 0.4) is 0 Å². The number of rotatable bonds is 5. The van der Waals surface area contributed by atoms with Gasteiger partial charge in [-0.2, -0.15) is 0 Å². The highest BCUT2D eigenvalue weighted by molar-refractivity contribution is 7.95. The number of carbonyl (C=O) groups excluding carboxylic acids is 2. The zero-order valence-corrected chi connectivity index (χ0v) is 18.0. The minimum Gasteiger partial charge on any atom is -0.502 e. The molecule has 9 heteroatoms. The minimum atomic E-state index is -4.23. The summed E-state index contributed by atoms with van der Waals surface area (Å²) in [7, 11) is -4.23. The van der Waals surface area contributed by atoms with Crippen molar-refractivity contribution in [1.82, 2.24) is 0 Å². The van der Waals surface area contributed by atoms with E-state index in [9.17, 15) is 23.1 Å². The molecule has 4 rings (SSSR count). The number of nitrogens with two attached hydrogens (primary N) is 1. The Morgan fingerprint density at radius 3 is 2.09 bits per heavy atom. The summed E-state index contributed by atoms with van der Waals surface area (Å²) in [5.74, 6) is -2.40. The van der Waals surface area contributed by atoms with E-state index in [4.69, 9.17) is 17.3 Å². The fourth-order valence-electron chi connectivity index (χ4n) is 3.58. The molecule has 0 unspecified atom stereocenters. The van der Waals surface area contributed by atoms with Crippen molar-refractivity contribution in [2.24, 2.45) is 5.73 Å². The molecule has 0 spiro atoms. The van der Waals surface area contributed by atoms with Crippen molar-refractivity contribution < 1.29 is 23.1 Å². The largest absolute Gasteiger partial charge is 0.502 e. The molecule has 1 aliphatic heterocycles. The van der Waals surface area contributed by atoms with E-state index in [0.717, 1.165) is 0 Å². The van der Waals surface area contributed by atoms with Crippen LogP contribution in [0.5, 0.6) is 0 Å². The number of hydrogen-bond donors (Lipinski definition) is 2. The fourth-order valence-corrected chi connectivity index (χ4v) is 5.36. The Hall–Kier alpha value is -3.62. The van der Waals surface area contributed by atoms with Crippen molar-refractivity contribution in [3.8, 4) is 0 Å². The molecule has 1 heterocycles. The Labute approximate surface area is 189 Å². The van der Waals surface area contributed by atoms with E-state index in [1.54, 1.807) is 42.5 Å². The number of anilines is 1. The quantitative estimate of drug-likeness (QED) is 0.591. The van der Waals surface area contributed by atoms with E-state index in [1.165, 1.54) is 41.3 Å². The number of aliphatic hydroxyl groups excluding tert-OH is 1. The van der Waals surface area contributed by atoms with Crippen LogP contribution in [-0.2, 0) is 14.6 Å². The van der Waals surface area contributed by atoms with Crippen LogP contribution in [0, 0.1) is 0 Å². The van der Waals surface area contributed by atoms with Crippen LogP contribution in [0.4, 0.5) is 5.69 Å². The number of hydrogen-bond acceptors (Lipinski definition) is 5. The van der Waals surface area contributed by atoms with E-state index in [2.05, 4.69) is 0 Å². The second kappa shape index (κ2) is 8.14. The van der Waals surface area contributed by atoms with Crippen molar-refractivity contribution in [2.75, 3.05) is 4.90 Å². The van der Waals surface area contributed by atoms with Gasteiger partial charge in [0.15, 0.2) is 5.76 Å². The predicted molar refractivity (Wildman–Crippen MR) is 120 cm³/mol. The monoisotopic (exact) mass is 468 g/mol. The van der Waals surface area contributed by atoms with Crippen molar-refractivity contribution in [1.29, 1.82) is 0 Å². The molecule has 1 atom stereocenters.